The lowest BCUT2D eigenvalue weighted by Gasteiger charge is -2.37. The predicted molar refractivity (Wildman–Crippen MR) is 104 cm³/mol. The fraction of sp³-hybridized carbons (Fsp3) is 0.579. The van der Waals surface area contributed by atoms with Gasteiger partial charge in [-0.05, 0) is 37.0 Å². The lowest BCUT2D eigenvalue weighted by molar-refractivity contribution is -0.136. The normalized spacial score (nSPS) is 19.2. The number of methoxy groups -OCH3 is 1. The van der Waals surface area contributed by atoms with Crippen LogP contribution in [-0.2, 0) is 9.53 Å². The quantitative estimate of drug-likeness (QED) is 0.823. The minimum Gasteiger partial charge on any atom is -0.497 e. The standard InChI is InChI=1S/C19H27N3O4.ClH/c1-25-16-4-2-3-15(13-16)18(23)21-7-9-22(10-8-21)19(24)17(20)14-5-11-26-12-6-14;/h2-4,13-14,17H,5-12,20H2,1H3;1H. The van der Waals surface area contributed by atoms with Gasteiger partial charge in [-0.3, -0.25) is 9.59 Å². The Bertz CT molecular complexity index is 644. The van der Waals surface area contributed by atoms with Crippen molar-refractivity contribution in [2.75, 3.05) is 46.5 Å². The third-order valence-corrected chi connectivity index (χ3v) is 5.25. The van der Waals surface area contributed by atoms with Gasteiger partial charge in [0.15, 0.2) is 0 Å². The number of halogens is 1. The minimum absolute atomic E-state index is 0. The summed E-state index contributed by atoms with van der Waals surface area (Å²) in [6.07, 6.45) is 1.67. The number of nitrogens with two attached hydrogens (primary N) is 1. The zero-order valence-electron chi connectivity index (χ0n) is 15.6. The van der Waals surface area contributed by atoms with Gasteiger partial charge < -0.3 is 25.0 Å². The van der Waals surface area contributed by atoms with Crippen LogP contribution in [0.4, 0.5) is 0 Å². The molecule has 2 N–H and O–H groups in total. The van der Waals surface area contributed by atoms with E-state index in [1.165, 1.54) is 0 Å². The lowest BCUT2D eigenvalue weighted by Crippen LogP contribution is -2.56. The van der Waals surface area contributed by atoms with E-state index in [4.69, 9.17) is 15.2 Å². The number of ether oxygens (including phenoxy) is 2. The van der Waals surface area contributed by atoms with E-state index in [0.29, 0.717) is 50.7 Å². The van der Waals surface area contributed by atoms with Crippen LogP contribution < -0.4 is 10.5 Å². The van der Waals surface area contributed by atoms with E-state index >= 15 is 0 Å². The van der Waals surface area contributed by atoms with Crippen LogP contribution in [-0.4, -0.2) is 74.2 Å². The molecule has 150 valence electrons. The number of amides is 2. The number of carbonyl (C=O) groups is 2. The highest BCUT2D eigenvalue weighted by molar-refractivity contribution is 5.94. The van der Waals surface area contributed by atoms with Crippen LogP contribution in [0.5, 0.6) is 5.75 Å². The van der Waals surface area contributed by atoms with Gasteiger partial charge in [0, 0.05) is 45.0 Å². The molecule has 3 rings (SSSR count). The molecule has 0 spiro atoms. The Hall–Kier alpha value is -1.83. The zero-order chi connectivity index (χ0) is 18.5. The molecular weight excluding hydrogens is 370 g/mol. The van der Waals surface area contributed by atoms with Gasteiger partial charge in [-0.15, -0.1) is 12.4 Å². The van der Waals surface area contributed by atoms with Crippen LogP contribution >= 0.6 is 12.4 Å². The summed E-state index contributed by atoms with van der Waals surface area (Å²) in [6.45, 7) is 3.42. The Morgan fingerprint density at radius 2 is 1.78 bits per heavy atom. The Kier molecular flexibility index (Phi) is 7.89. The predicted octanol–water partition coefficient (Wildman–Crippen LogP) is 1.16. The van der Waals surface area contributed by atoms with Crippen LogP contribution in [0, 0.1) is 5.92 Å². The molecule has 1 unspecified atom stereocenters. The van der Waals surface area contributed by atoms with Crippen molar-refractivity contribution in [3.63, 3.8) is 0 Å². The summed E-state index contributed by atoms with van der Waals surface area (Å²) >= 11 is 0. The number of benzene rings is 1. The summed E-state index contributed by atoms with van der Waals surface area (Å²) in [5, 5.41) is 0. The van der Waals surface area contributed by atoms with E-state index < -0.39 is 6.04 Å². The van der Waals surface area contributed by atoms with Crippen LogP contribution in [0.15, 0.2) is 24.3 Å². The van der Waals surface area contributed by atoms with Crippen molar-refractivity contribution in [1.29, 1.82) is 0 Å². The van der Waals surface area contributed by atoms with Crippen molar-refractivity contribution in [1.82, 2.24) is 9.80 Å². The molecule has 0 radical (unpaired) electrons. The second-order valence-electron chi connectivity index (χ2n) is 6.83. The molecule has 0 aliphatic carbocycles. The van der Waals surface area contributed by atoms with Crippen LogP contribution in [0.3, 0.4) is 0 Å². The van der Waals surface area contributed by atoms with Crippen molar-refractivity contribution in [3.8, 4) is 5.75 Å². The molecule has 1 aromatic rings. The maximum atomic E-state index is 12.7. The Morgan fingerprint density at radius 3 is 2.41 bits per heavy atom. The summed E-state index contributed by atoms with van der Waals surface area (Å²) in [4.78, 5) is 28.9. The Morgan fingerprint density at radius 1 is 1.15 bits per heavy atom. The van der Waals surface area contributed by atoms with Gasteiger partial charge in [-0.1, -0.05) is 6.07 Å². The second kappa shape index (κ2) is 9.92. The van der Waals surface area contributed by atoms with E-state index in [0.717, 1.165) is 12.8 Å². The third-order valence-electron chi connectivity index (χ3n) is 5.25. The fourth-order valence-corrected chi connectivity index (χ4v) is 3.56. The van der Waals surface area contributed by atoms with Gasteiger partial charge in [0.1, 0.15) is 5.75 Å². The first-order chi connectivity index (χ1) is 12.6. The molecule has 0 aromatic heterocycles. The van der Waals surface area contributed by atoms with E-state index in [2.05, 4.69) is 0 Å². The average Bonchev–Trinajstić information content (AvgIpc) is 2.73. The summed E-state index contributed by atoms with van der Waals surface area (Å²) in [6, 6.07) is 6.66. The van der Waals surface area contributed by atoms with Crippen molar-refractivity contribution < 1.29 is 19.1 Å². The van der Waals surface area contributed by atoms with Crippen LogP contribution in [0.2, 0.25) is 0 Å². The first kappa shape index (κ1) is 21.5. The number of rotatable bonds is 4. The molecule has 27 heavy (non-hydrogen) atoms. The molecule has 2 fully saturated rings. The number of hydrogen-bond acceptors (Lipinski definition) is 5. The van der Waals surface area contributed by atoms with Gasteiger partial charge in [-0.25, -0.2) is 0 Å². The summed E-state index contributed by atoms with van der Waals surface area (Å²) < 4.78 is 10.5. The monoisotopic (exact) mass is 397 g/mol. The smallest absolute Gasteiger partial charge is 0.254 e. The first-order valence-electron chi connectivity index (χ1n) is 9.15. The highest BCUT2D eigenvalue weighted by atomic mass is 35.5. The molecule has 2 aliphatic rings. The van der Waals surface area contributed by atoms with Crippen molar-refractivity contribution in [2.45, 2.75) is 18.9 Å². The topological polar surface area (TPSA) is 85.1 Å². The average molecular weight is 398 g/mol. The maximum Gasteiger partial charge on any atom is 0.254 e. The van der Waals surface area contributed by atoms with Gasteiger partial charge >= 0.3 is 0 Å². The molecule has 2 saturated heterocycles. The number of nitrogens with zero attached hydrogens (tertiary/aromatic N) is 2. The molecule has 2 amide bonds. The first-order valence-corrected chi connectivity index (χ1v) is 9.15. The van der Waals surface area contributed by atoms with Gasteiger partial charge in [-0.2, -0.15) is 0 Å². The van der Waals surface area contributed by atoms with E-state index in [1.807, 2.05) is 6.07 Å². The molecule has 8 heteroatoms. The third kappa shape index (κ3) is 5.12. The van der Waals surface area contributed by atoms with E-state index in [9.17, 15) is 9.59 Å². The van der Waals surface area contributed by atoms with Crippen molar-refractivity contribution in [2.24, 2.45) is 11.7 Å². The van der Waals surface area contributed by atoms with Crippen LogP contribution in [0.1, 0.15) is 23.2 Å². The summed E-state index contributed by atoms with van der Waals surface area (Å²) in [7, 11) is 1.58. The molecular formula is C19H28ClN3O4. The molecule has 0 saturated carbocycles. The van der Waals surface area contributed by atoms with Gasteiger partial charge in [0.25, 0.3) is 5.91 Å². The molecule has 7 nitrogen and oxygen atoms in total. The van der Waals surface area contributed by atoms with E-state index in [-0.39, 0.29) is 30.1 Å². The Balaban J connectivity index is 0.00000261. The largest absolute Gasteiger partial charge is 0.497 e. The van der Waals surface area contributed by atoms with Crippen molar-refractivity contribution >= 4 is 24.2 Å². The molecule has 1 atom stereocenters. The fourth-order valence-electron chi connectivity index (χ4n) is 3.56. The highest BCUT2D eigenvalue weighted by Gasteiger charge is 2.32. The van der Waals surface area contributed by atoms with Gasteiger partial charge in [0.2, 0.25) is 5.91 Å². The summed E-state index contributed by atoms with van der Waals surface area (Å²) in [5.74, 6) is 0.801. The lowest BCUT2D eigenvalue weighted by atomic mass is 9.91. The number of carbonyl (C=O) groups excluding carboxylic acids is 2. The minimum atomic E-state index is -0.473. The zero-order valence-corrected chi connectivity index (χ0v) is 16.5. The maximum absolute atomic E-state index is 12.7. The highest BCUT2D eigenvalue weighted by Crippen LogP contribution is 2.20. The molecule has 2 aliphatic heterocycles. The number of piperazine rings is 1. The SMILES string of the molecule is COc1cccc(C(=O)N2CCN(C(=O)C(N)C3CCOCC3)CC2)c1.Cl. The number of hydrogen-bond donors (Lipinski definition) is 1. The molecule has 2 heterocycles. The molecule has 1 aromatic carbocycles. The Labute approximate surface area is 166 Å². The van der Waals surface area contributed by atoms with Crippen LogP contribution in [0.25, 0.3) is 0 Å². The van der Waals surface area contributed by atoms with E-state index in [1.54, 1.807) is 35.1 Å². The van der Waals surface area contributed by atoms with Gasteiger partial charge in [0.05, 0.1) is 13.2 Å². The summed E-state index contributed by atoms with van der Waals surface area (Å²) in [5.41, 5.74) is 6.80. The van der Waals surface area contributed by atoms with Crippen molar-refractivity contribution in [3.05, 3.63) is 29.8 Å². The molecule has 0 bridgehead atoms. The second-order valence-corrected chi connectivity index (χ2v) is 6.83.